The molecule has 0 radical (unpaired) electrons. The molecule has 5 aromatic rings. The van der Waals surface area contributed by atoms with E-state index >= 15 is 0 Å². The molecule has 2 aromatic heterocycles. The van der Waals surface area contributed by atoms with Crippen LogP contribution < -0.4 is 19.5 Å². The van der Waals surface area contributed by atoms with E-state index in [0.29, 0.717) is 34.5 Å². The van der Waals surface area contributed by atoms with Gasteiger partial charge in [-0.3, -0.25) is 5.10 Å². The summed E-state index contributed by atoms with van der Waals surface area (Å²) < 4.78 is 22.3. The predicted molar refractivity (Wildman–Crippen MR) is 118 cm³/mol. The lowest BCUT2D eigenvalue weighted by atomic mass is 10.0. The lowest BCUT2D eigenvalue weighted by Crippen LogP contribution is -1.97. The van der Waals surface area contributed by atoms with Gasteiger partial charge in [-0.2, -0.15) is 10.1 Å². The Labute approximate surface area is 177 Å². The van der Waals surface area contributed by atoms with Crippen molar-refractivity contribution >= 4 is 33.7 Å². The summed E-state index contributed by atoms with van der Waals surface area (Å²) in [5.41, 5.74) is 4.99. The molecular formula is C23H20N4O4. The highest BCUT2D eigenvalue weighted by atomic mass is 16.5. The summed E-state index contributed by atoms with van der Waals surface area (Å²) in [6.45, 7) is 0. The second-order valence-corrected chi connectivity index (χ2v) is 6.85. The smallest absolute Gasteiger partial charge is 0.300 e. The zero-order valence-electron chi connectivity index (χ0n) is 17.2. The van der Waals surface area contributed by atoms with E-state index < -0.39 is 0 Å². The SMILES string of the molecule is COc1cc(Nc2nc3cccc(-c4cccc5cn[nH]c45)c3o2)cc(OC)c1OC. The van der Waals surface area contributed by atoms with E-state index in [4.69, 9.17) is 18.6 Å². The van der Waals surface area contributed by atoms with Gasteiger partial charge in [-0.1, -0.05) is 30.3 Å². The summed E-state index contributed by atoms with van der Waals surface area (Å²) in [5, 5.41) is 11.4. The van der Waals surface area contributed by atoms with Crippen LogP contribution in [-0.4, -0.2) is 36.5 Å². The average Bonchev–Trinajstić information content (AvgIpc) is 3.44. The van der Waals surface area contributed by atoms with Gasteiger partial charge in [0.15, 0.2) is 17.1 Å². The first-order valence-corrected chi connectivity index (χ1v) is 9.61. The van der Waals surface area contributed by atoms with Gasteiger partial charge in [-0.15, -0.1) is 0 Å². The third-order valence-electron chi connectivity index (χ3n) is 5.10. The predicted octanol–water partition coefficient (Wildman–Crippen LogP) is 5.14. The zero-order chi connectivity index (χ0) is 21.4. The Morgan fingerprint density at radius 2 is 1.65 bits per heavy atom. The van der Waals surface area contributed by atoms with Crippen LogP contribution in [-0.2, 0) is 0 Å². The molecule has 8 heteroatoms. The van der Waals surface area contributed by atoms with Gasteiger partial charge in [0.1, 0.15) is 5.52 Å². The quantitative estimate of drug-likeness (QED) is 0.396. The van der Waals surface area contributed by atoms with Crippen molar-refractivity contribution in [3.8, 4) is 28.4 Å². The molecule has 5 rings (SSSR count). The van der Waals surface area contributed by atoms with Gasteiger partial charge in [0.25, 0.3) is 6.01 Å². The number of fused-ring (bicyclic) bond motifs is 2. The molecule has 8 nitrogen and oxygen atoms in total. The van der Waals surface area contributed by atoms with Crippen molar-refractivity contribution < 1.29 is 18.6 Å². The molecule has 0 fully saturated rings. The van der Waals surface area contributed by atoms with Gasteiger partial charge in [0.05, 0.1) is 33.0 Å². The van der Waals surface area contributed by atoms with E-state index in [1.54, 1.807) is 39.7 Å². The van der Waals surface area contributed by atoms with Crippen LogP contribution in [0.3, 0.4) is 0 Å². The van der Waals surface area contributed by atoms with E-state index in [1.807, 2.05) is 36.4 Å². The van der Waals surface area contributed by atoms with Crippen molar-refractivity contribution in [2.75, 3.05) is 26.6 Å². The Balaban J connectivity index is 1.58. The van der Waals surface area contributed by atoms with Gasteiger partial charge in [-0.05, 0) is 6.07 Å². The highest BCUT2D eigenvalue weighted by Gasteiger charge is 2.17. The van der Waals surface area contributed by atoms with Gasteiger partial charge in [0.2, 0.25) is 5.75 Å². The number of hydrogen-bond donors (Lipinski definition) is 2. The number of aromatic nitrogens is 3. The maximum atomic E-state index is 6.12. The van der Waals surface area contributed by atoms with Crippen LogP contribution in [0.15, 0.2) is 59.1 Å². The number of aromatic amines is 1. The number of hydrogen-bond acceptors (Lipinski definition) is 7. The van der Waals surface area contributed by atoms with Crippen LogP contribution in [0.2, 0.25) is 0 Å². The van der Waals surface area contributed by atoms with Crippen molar-refractivity contribution in [2.24, 2.45) is 0 Å². The molecule has 0 spiro atoms. The molecule has 0 saturated carbocycles. The van der Waals surface area contributed by atoms with E-state index in [-0.39, 0.29) is 0 Å². The van der Waals surface area contributed by atoms with Gasteiger partial charge < -0.3 is 23.9 Å². The van der Waals surface area contributed by atoms with Crippen molar-refractivity contribution in [2.45, 2.75) is 0 Å². The molecule has 2 heterocycles. The lowest BCUT2D eigenvalue weighted by Gasteiger charge is -2.14. The molecule has 156 valence electrons. The largest absolute Gasteiger partial charge is 0.493 e. The summed E-state index contributed by atoms with van der Waals surface area (Å²) in [4.78, 5) is 4.60. The summed E-state index contributed by atoms with van der Waals surface area (Å²) in [5.74, 6) is 1.59. The van der Waals surface area contributed by atoms with E-state index in [0.717, 1.165) is 27.5 Å². The minimum atomic E-state index is 0.355. The van der Waals surface area contributed by atoms with Crippen LogP contribution in [0.1, 0.15) is 0 Å². The standard InChI is InChI=1S/C23H20N4O4/c1-28-18-10-14(11-19(29-2)22(18)30-3)25-23-26-17-9-5-8-16(21(17)31-23)15-7-4-6-13-12-24-27-20(13)15/h4-12H,1-3H3,(H,24,27)(H,25,26). The van der Waals surface area contributed by atoms with Crippen molar-refractivity contribution in [1.29, 1.82) is 0 Å². The van der Waals surface area contributed by atoms with Crippen LogP contribution in [0.4, 0.5) is 11.7 Å². The van der Waals surface area contributed by atoms with Gasteiger partial charge in [-0.25, -0.2) is 0 Å². The highest BCUT2D eigenvalue weighted by Crippen LogP contribution is 2.41. The number of methoxy groups -OCH3 is 3. The Morgan fingerprint density at radius 3 is 2.39 bits per heavy atom. The average molecular weight is 416 g/mol. The van der Waals surface area contributed by atoms with Crippen LogP contribution in [0, 0.1) is 0 Å². The van der Waals surface area contributed by atoms with Crippen molar-refractivity contribution in [3.05, 3.63) is 54.7 Å². The first-order valence-electron chi connectivity index (χ1n) is 9.61. The number of nitrogens with one attached hydrogen (secondary N) is 2. The van der Waals surface area contributed by atoms with E-state index in [9.17, 15) is 0 Å². The minimum absolute atomic E-state index is 0.355. The second kappa shape index (κ2) is 7.56. The van der Waals surface area contributed by atoms with Crippen LogP contribution in [0.25, 0.3) is 33.1 Å². The Hall–Kier alpha value is -4.20. The van der Waals surface area contributed by atoms with Crippen molar-refractivity contribution in [3.63, 3.8) is 0 Å². The zero-order valence-corrected chi connectivity index (χ0v) is 17.2. The number of benzene rings is 3. The topological polar surface area (TPSA) is 94.4 Å². The normalized spacial score (nSPS) is 11.1. The fourth-order valence-corrected chi connectivity index (χ4v) is 3.68. The molecule has 0 aliphatic heterocycles. The number of H-pyrrole nitrogens is 1. The third kappa shape index (κ3) is 3.18. The number of oxazole rings is 1. The molecular weight excluding hydrogens is 396 g/mol. The van der Waals surface area contributed by atoms with E-state index in [2.05, 4.69) is 20.5 Å². The van der Waals surface area contributed by atoms with Crippen LogP contribution in [0.5, 0.6) is 17.2 Å². The molecule has 31 heavy (non-hydrogen) atoms. The number of rotatable bonds is 6. The number of para-hydroxylation sites is 2. The molecule has 2 N–H and O–H groups in total. The second-order valence-electron chi connectivity index (χ2n) is 6.85. The van der Waals surface area contributed by atoms with Crippen molar-refractivity contribution in [1.82, 2.24) is 15.2 Å². The highest BCUT2D eigenvalue weighted by molar-refractivity contribution is 6.01. The molecule has 0 aliphatic rings. The summed E-state index contributed by atoms with van der Waals surface area (Å²) >= 11 is 0. The number of anilines is 2. The summed E-state index contributed by atoms with van der Waals surface area (Å²) in [7, 11) is 4.71. The molecule has 0 bridgehead atoms. The Bertz CT molecular complexity index is 1360. The minimum Gasteiger partial charge on any atom is -0.493 e. The fraction of sp³-hybridized carbons (Fsp3) is 0.130. The Kier molecular flexibility index (Phi) is 4.59. The summed E-state index contributed by atoms with van der Waals surface area (Å²) in [6, 6.07) is 15.9. The summed E-state index contributed by atoms with van der Waals surface area (Å²) in [6.07, 6.45) is 1.80. The molecule has 0 saturated heterocycles. The lowest BCUT2D eigenvalue weighted by molar-refractivity contribution is 0.324. The molecule has 3 aromatic carbocycles. The number of ether oxygens (including phenoxy) is 3. The fourth-order valence-electron chi connectivity index (χ4n) is 3.68. The van der Waals surface area contributed by atoms with Gasteiger partial charge in [0, 0.05) is 34.3 Å². The van der Waals surface area contributed by atoms with E-state index in [1.165, 1.54) is 0 Å². The molecule has 0 unspecified atom stereocenters. The van der Waals surface area contributed by atoms with Crippen LogP contribution >= 0.6 is 0 Å². The Morgan fingerprint density at radius 1 is 0.903 bits per heavy atom. The van der Waals surface area contributed by atoms with Gasteiger partial charge >= 0.3 is 0 Å². The first-order chi connectivity index (χ1) is 15.2. The maximum absolute atomic E-state index is 6.12. The number of nitrogens with zero attached hydrogens (tertiary/aromatic N) is 2. The maximum Gasteiger partial charge on any atom is 0.300 e. The molecule has 0 atom stereocenters. The first kappa shape index (κ1) is 18.8. The monoisotopic (exact) mass is 416 g/mol. The molecule has 0 aliphatic carbocycles. The third-order valence-corrected chi connectivity index (χ3v) is 5.10. The molecule has 0 amide bonds.